The molecule has 0 saturated carbocycles. The number of aldehydes is 1. The van der Waals surface area contributed by atoms with Crippen LogP contribution in [0.2, 0.25) is 0 Å². The third-order valence-electron chi connectivity index (χ3n) is 3.39. The number of hydrogen-bond donors (Lipinski definition) is 0. The number of hydrogen-bond acceptors (Lipinski definition) is 2. The lowest BCUT2D eigenvalue weighted by molar-refractivity contribution is 0.112. The van der Waals surface area contributed by atoms with Gasteiger partial charge < -0.3 is 4.90 Å². The fourth-order valence-electron chi connectivity index (χ4n) is 2.38. The molecule has 0 saturated heterocycles. The first-order chi connectivity index (χ1) is 9.03. The van der Waals surface area contributed by atoms with E-state index in [0.717, 1.165) is 30.1 Å². The van der Waals surface area contributed by atoms with E-state index in [2.05, 4.69) is 60.7 Å². The molecule has 0 fully saturated rings. The summed E-state index contributed by atoms with van der Waals surface area (Å²) in [6.07, 6.45) is 3.16. The van der Waals surface area contributed by atoms with Crippen LogP contribution in [0.15, 0.2) is 22.7 Å². The Hall–Kier alpha value is -0.830. The van der Waals surface area contributed by atoms with E-state index in [9.17, 15) is 4.79 Å². The number of benzene rings is 1. The SMILES string of the molecule is CCC(CC)N(CC(C)C)c1ccc(C=O)c(Br)c1. The summed E-state index contributed by atoms with van der Waals surface area (Å²) in [5.41, 5.74) is 1.90. The Morgan fingerprint density at radius 1 is 1.26 bits per heavy atom. The highest BCUT2D eigenvalue weighted by Gasteiger charge is 2.17. The van der Waals surface area contributed by atoms with Crippen molar-refractivity contribution in [3.05, 3.63) is 28.2 Å². The predicted molar refractivity (Wildman–Crippen MR) is 86.1 cm³/mol. The van der Waals surface area contributed by atoms with Crippen LogP contribution in [-0.4, -0.2) is 18.9 Å². The maximum Gasteiger partial charge on any atom is 0.151 e. The van der Waals surface area contributed by atoms with E-state index in [1.165, 1.54) is 5.69 Å². The van der Waals surface area contributed by atoms with Gasteiger partial charge in [0.25, 0.3) is 0 Å². The molecule has 106 valence electrons. The Morgan fingerprint density at radius 2 is 1.89 bits per heavy atom. The highest BCUT2D eigenvalue weighted by Crippen LogP contribution is 2.27. The zero-order chi connectivity index (χ0) is 14.4. The lowest BCUT2D eigenvalue weighted by atomic mass is 10.1. The molecule has 2 nitrogen and oxygen atoms in total. The van der Waals surface area contributed by atoms with Gasteiger partial charge in [0, 0.05) is 28.3 Å². The van der Waals surface area contributed by atoms with Crippen molar-refractivity contribution in [2.24, 2.45) is 5.92 Å². The smallest absolute Gasteiger partial charge is 0.151 e. The maximum atomic E-state index is 10.9. The van der Waals surface area contributed by atoms with Gasteiger partial charge in [0.05, 0.1) is 0 Å². The van der Waals surface area contributed by atoms with Crippen molar-refractivity contribution in [3.8, 4) is 0 Å². The van der Waals surface area contributed by atoms with Crippen LogP contribution in [0, 0.1) is 5.92 Å². The molecule has 0 spiro atoms. The fraction of sp³-hybridized carbons (Fsp3) is 0.562. The molecular weight excluding hydrogens is 302 g/mol. The van der Waals surface area contributed by atoms with Crippen LogP contribution in [-0.2, 0) is 0 Å². The molecule has 0 aliphatic rings. The van der Waals surface area contributed by atoms with Crippen molar-refractivity contribution in [2.75, 3.05) is 11.4 Å². The second kappa shape index (κ2) is 7.68. The highest BCUT2D eigenvalue weighted by atomic mass is 79.9. The molecule has 1 aromatic rings. The normalized spacial score (nSPS) is 11.1. The Kier molecular flexibility index (Phi) is 6.56. The summed E-state index contributed by atoms with van der Waals surface area (Å²) in [5, 5.41) is 0. The quantitative estimate of drug-likeness (QED) is 0.663. The summed E-state index contributed by atoms with van der Waals surface area (Å²) < 4.78 is 0.875. The largest absolute Gasteiger partial charge is 0.368 e. The average Bonchev–Trinajstić information content (AvgIpc) is 2.38. The molecule has 0 N–H and O–H groups in total. The summed E-state index contributed by atoms with van der Waals surface area (Å²) in [7, 11) is 0. The number of anilines is 1. The van der Waals surface area contributed by atoms with E-state index in [0.29, 0.717) is 17.5 Å². The van der Waals surface area contributed by atoms with Gasteiger partial charge in [0.1, 0.15) is 0 Å². The van der Waals surface area contributed by atoms with E-state index in [1.807, 2.05) is 6.07 Å². The molecule has 3 heteroatoms. The topological polar surface area (TPSA) is 20.3 Å². The summed E-state index contributed by atoms with van der Waals surface area (Å²) in [6, 6.07) is 6.55. The van der Waals surface area contributed by atoms with Crippen molar-refractivity contribution in [1.29, 1.82) is 0 Å². The minimum absolute atomic E-state index is 0.552. The molecular formula is C16H24BrNO. The van der Waals surface area contributed by atoms with E-state index >= 15 is 0 Å². The minimum Gasteiger partial charge on any atom is -0.368 e. The Bertz CT molecular complexity index is 413. The summed E-state index contributed by atoms with van der Waals surface area (Å²) >= 11 is 3.48. The van der Waals surface area contributed by atoms with Gasteiger partial charge in [0.2, 0.25) is 0 Å². The first-order valence-corrected chi connectivity index (χ1v) is 7.84. The number of rotatable bonds is 7. The van der Waals surface area contributed by atoms with E-state index in [-0.39, 0.29) is 0 Å². The van der Waals surface area contributed by atoms with Crippen LogP contribution < -0.4 is 4.90 Å². The molecule has 19 heavy (non-hydrogen) atoms. The highest BCUT2D eigenvalue weighted by molar-refractivity contribution is 9.10. The van der Waals surface area contributed by atoms with Crippen LogP contribution in [0.25, 0.3) is 0 Å². The van der Waals surface area contributed by atoms with Crippen LogP contribution in [0.5, 0.6) is 0 Å². The molecule has 0 bridgehead atoms. The van der Waals surface area contributed by atoms with Crippen LogP contribution in [0.3, 0.4) is 0 Å². The summed E-state index contributed by atoms with van der Waals surface area (Å²) in [6.45, 7) is 9.99. The molecule has 0 radical (unpaired) electrons. The lowest BCUT2D eigenvalue weighted by Gasteiger charge is -2.34. The average molecular weight is 326 g/mol. The van der Waals surface area contributed by atoms with Gasteiger partial charge in [-0.15, -0.1) is 0 Å². The van der Waals surface area contributed by atoms with Gasteiger partial charge >= 0.3 is 0 Å². The van der Waals surface area contributed by atoms with E-state index in [1.54, 1.807) is 0 Å². The molecule has 0 unspecified atom stereocenters. The first kappa shape index (κ1) is 16.2. The third-order valence-corrected chi connectivity index (χ3v) is 4.07. The monoisotopic (exact) mass is 325 g/mol. The molecule has 0 aromatic heterocycles. The molecule has 0 aliphatic carbocycles. The Balaban J connectivity index is 3.09. The second-order valence-electron chi connectivity index (χ2n) is 5.34. The molecule has 1 aromatic carbocycles. The van der Waals surface area contributed by atoms with E-state index in [4.69, 9.17) is 0 Å². The zero-order valence-corrected chi connectivity index (χ0v) is 13.9. The van der Waals surface area contributed by atoms with Gasteiger partial charge in [-0.1, -0.05) is 27.7 Å². The van der Waals surface area contributed by atoms with Gasteiger partial charge in [-0.2, -0.15) is 0 Å². The lowest BCUT2D eigenvalue weighted by Crippen LogP contribution is -2.37. The van der Waals surface area contributed by atoms with Crippen molar-refractivity contribution < 1.29 is 4.79 Å². The first-order valence-electron chi connectivity index (χ1n) is 7.04. The van der Waals surface area contributed by atoms with Crippen molar-refractivity contribution >= 4 is 27.9 Å². The molecule has 0 atom stereocenters. The van der Waals surface area contributed by atoms with Crippen molar-refractivity contribution in [2.45, 2.75) is 46.6 Å². The number of carbonyl (C=O) groups excluding carboxylic acids is 1. The molecule has 0 amide bonds. The minimum atomic E-state index is 0.552. The van der Waals surface area contributed by atoms with Gasteiger partial charge in [-0.3, -0.25) is 4.79 Å². The van der Waals surface area contributed by atoms with Crippen LogP contribution in [0.1, 0.15) is 50.9 Å². The zero-order valence-electron chi connectivity index (χ0n) is 12.3. The number of nitrogens with zero attached hydrogens (tertiary/aromatic N) is 1. The van der Waals surface area contributed by atoms with Gasteiger partial charge in [-0.25, -0.2) is 0 Å². The van der Waals surface area contributed by atoms with Gasteiger partial charge in [0.15, 0.2) is 6.29 Å². The number of carbonyl (C=O) groups is 1. The van der Waals surface area contributed by atoms with Crippen molar-refractivity contribution in [1.82, 2.24) is 0 Å². The van der Waals surface area contributed by atoms with Crippen LogP contribution in [0.4, 0.5) is 5.69 Å². The van der Waals surface area contributed by atoms with Crippen LogP contribution >= 0.6 is 15.9 Å². The summed E-state index contributed by atoms with van der Waals surface area (Å²) in [5.74, 6) is 0.616. The number of halogens is 1. The third kappa shape index (κ3) is 4.34. The Morgan fingerprint density at radius 3 is 2.32 bits per heavy atom. The fourth-order valence-corrected chi connectivity index (χ4v) is 2.84. The summed E-state index contributed by atoms with van der Waals surface area (Å²) in [4.78, 5) is 13.4. The maximum absolute atomic E-state index is 10.9. The predicted octanol–water partition coefficient (Wildman–Crippen LogP) is 4.91. The molecule has 1 rings (SSSR count). The van der Waals surface area contributed by atoms with Crippen molar-refractivity contribution in [3.63, 3.8) is 0 Å². The Labute approximate surface area is 125 Å². The molecule has 0 heterocycles. The molecule has 0 aliphatic heterocycles. The standard InChI is InChI=1S/C16H24BrNO/c1-5-14(6-2)18(10-12(3)4)15-8-7-13(11-19)16(17)9-15/h7-9,11-12,14H,5-6,10H2,1-4H3. The second-order valence-corrected chi connectivity index (χ2v) is 6.19. The van der Waals surface area contributed by atoms with Gasteiger partial charge in [-0.05, 0) is 52.9 Å². The van der Waals surface area contributed by atoms with E-state index < -0.39 is 0 Å².